The molecule has 0 saturated heterocycles. The van der Waals surface area contributed by atoms with Crippen molar-refractivity contribution in [3.8, 4) is 0 Å². The van der Waals surface area contributed by atoms with E-state index in [1.54, 1.807) is 19.2 Å². The van der Waals surface area contributed by atoms with Crippen LogP contribution >= 0.6 is 11.6 Å². The Labute approximate surface area is 116 Å². The molecule has 2 N–H and O–H groups in total. The van der Waals surface area contributed by atoms with Gasteiger partial charge in [0, 0.05) is 24.7 Å². The lowest BCUT2D eigenvalue weighted by atomic mass is 10.2. The zero-order valence-electron chi connectivity index (χ0n) is 10.7. The van der Waals surface area contributed by atoms with Crippen LogP contribution in [0.2, 0.25) is 5.02 Å². The fourth-order valence-electron chi connectivity index (χ4n) is 1.99. The molecule has 19 heavy (non-hydrogen) atoms. The molecule has 1 aliphatic carbocycles. The first-order chi connectivity index (χ1) is 8.97. The molecule has 6 heteroatoms. The molecule has 0 radical (unpaired) electrons. The topological polar surface area (TPSA) is 71.3 Å². The zero-order valence-corrected chi connectivity index (χ0v) is 11.5. The van der Waals surface area contributed by atoms with E-state index in [2.05, 4.69) is 5.32 Å². The Kier molecular flexibility index (Phi) is 4.14. The van der Waals surface area contributed by atoms with Gasteiger partial charge >= 0.3 is 5.97 Å². The minimum absolute atomic E-state index is 0.0475. The number of hydrogen-bond acceptors (Lipinski definition) is 2. The molecule has 1 fully saturated rings. The van der Waals surface area contributed by atoms with E-state index in [9.17, 15) is 9.59 Å². The predicted molar refractivity (Wildman–Crippen MR) is 71.5 cm³/mol. The number of halogens is 1. The standard InChI is InChI=1S/C13H17ClN2O3/c1-8(2-5-12(17)18)15-13(19)11-6-9(14)7-16(11)10-3-4-10/h6-8,10H,2-5H2,1H3,(H,15,19)(H,17,18). The van der Waals surface area contributed by atoms with Crippen molar-refractivity contribution in [1.82, 2.24) is 9.88 Å². The van der Waals surface area contributed by atoms with E-state index in [1.165, 1.54) is 0 Å². The van der Waals surface area contributed by atoms with E-state index >= 15 is 0 Å². The summed E-state index contributed by atoms with van der Waals surface area (Å²) in [7, 11) is 0. The second-order valence-electron chi connectivity index (χ2n) is 4.99. The second kappa shape index (κ2) is 5.65. The van der Waals surface area contributed by atoms with Gasteiger partial charge in [0.2, 0.25) is 0 Å². The molecule has 1 heterocycles. The first kappa shape index (κ1) is 13.9. The number of nitrogens with one attached hydrogen (secondary N) is 1. The van der Waals surface area contributed by atoms with Crippen molar-refractivity contribution in [2.24, 2.45) is 0 Å². The summed E-state index contributed by atoms with van der Waals surface area (Å²) in [6.45, 7) is 1.80. The number of aromatic nitrogens is 1. The van der Waals surface area contributed by atoms with Crippen molar-refractivity contribution < 1.29 is 14.7 Å². The van der Waals surface area contributed by atoms with E-state index in [0.717, 1.165) is 12.8 Å². The molecule has 1 saturated carbocycles. The number of rotatable bonds is 6. The smallest absolute Gasteiger partial charge is 0.303 e. The normalized spacial score (nSPS) is 16.1. The maximum atomic E-state index is 12.1. The average Bonchev–Trinajstić information content (AvgIpc) is 3.09. The lowest BCUT2D eigenvalue weighted by Gasteiger charge is -2.14. The number of carbonyl (C=O) groups is 2. The molecule has 0 aromatic carbocycles. The molecule has 1 unspecified atom stereocenters. The number of amides is 1. The summed E-state index contributed by atoms with van der Waals surface area (Å²) in [5.74, 6) is -1.05. The van der Waals surface area contributed by atoms with Gasteiger partial charge in [-0.15, -0.1) is 0 Å². The number of carbonyl (C=O) groups excluding carboxylic acids is 1. The van der Waals surface area contributed by atoms with Crippen LogP contribution in [-0.4, -0.2) is 27.6 Å². The Hall–Kier alpha value is -1.49. The molecule has 1 aliphatic rings. The quantitative estimate of drug-likeness (QED) is 0.843. The summed E-state index contributed by atoms with van der Waals surface area (Å²) in [6.07, 6.45) is 4.38. The van der Waals surface area contributed by atoms with Crippen LogP contribution in [0.15, 0.2) is 12.3 Å². The molecule has 1 atom stereocenters. The van der Waals surface area contributed by atoms with E-state index in [1.807, 2.05) is 4.57 Å². The van der Waals surface area contributed by atoms with Gasteiger partial charge in [0.1, 0.15) is 5.69 Å². The van der Waals surface area contributed by atoms with Crippen molar-refractivity contribution in [1.29, 1.82) is 0 Å². The van der Waals surface area contributed by atoms with Gasteiger partial charge in [-0.2, -0.15) is 0 Å². The molecule has 0 bridgehead atoms. The van der Waals surface area contributed by atoms with Crippen LogP contribution in [0.4, 0.5) is 0 Å². The van der Waals surface area contributed by atoms with Crippen LogP contribution in [0.1, 0.15) is 49.1 Å². The number of hydrogen-bond donors (Lipinski definition) is 2. The van der Waals surface area contributed by atoms with Gasteiger partial charge in [0.15, 0.2) is 0 Å². The van der Waals surface area contributed by atoms with Gasteiger partial charge < -0.3 is 15.0 Å². The van der Waals surface area contributed by atoms with E-state index in [4.69, 9.17) is 16.7 Å². The predicted octanol–water partition coefficient (Wildman–Crippen LogP) is 2.46. The molecule has 1 aromatic rings. The zero-order chi connectivity index (χ0) is 14.0. The van der Waals surface area contributed by atoms with Crippen molar-refractivity contribution in [2.45, 2.75) is 44.7 Å². The highest BCUT2D eigenvalue weighted by Crippen LogP contribution is 2.37. The largest absolute Gasteiger partial charge is 0.481 e. The van der Waals surface area contributed by atoms with Gasteiger partial charge in [0.05, 0.1) is 5.02 Å². The number of carboxylic acid groups (broad SMARTS) is 1. The third-order valence-corrected chi connectivity index (χ3v) is 3.36. The van der Waals surface area contributed by atoms with Crippen LogP contribution in [-0.2, 0) is 4.79 Å². The molecule has 0 spiro atoms. The van der Waals surface area contributed by atoms with Crippen LogP contribution in [0.25, 0.3) is 0 Å². The Balaban J connectivity index is 1.97. The molecular weight excluding hydrogens is 268 g/mol. The first-order valence-corrected chi connectivity index (χ1v) is 6.75. The summed E-state index contributed by atoms with van der Waals surface area (Å²) in [4.78, 5) is 22.6. The van der Waals surface area contributed by atoms with Crippen molar-refractivity contribution >= 4 is 23.5 Å². The number of carboxylic acids is 1. The Bertz CT molecular complexity index is 494. The lowest BCUT2D eigenvalue weighted by Crippen LogP contribution is -2.34. The molecule has 2 rings (SSSR count). The SMILES string of the molecule is CC(CCC(=O)O)NC(=O)c1cc(Cl)cn1C1CC1. The summed E-state index contributed by atoms with van der Waals surface area (Å²) in [5, 5.41) is 12.0. The number of aliphatic carboxylic acids is 1. The van der Waals surface area contributed by atoms with E-state index in [0.29, 0.717) is 23.2 Å². The summed E-state index contributed by atoms with van der Waals surface area (Å²) in [6, 6.07) is 1.85. The van der Waals surface area contributed by atoms with Crippen LogP contribution in [0.3, 0.4) is 0 Å². The Morgan fingerprint density at radius 2 is 2.26 bits per heavy atom. The fourth-order valence-corrected chi connectivity index (χ4v) is 2.20. The molecule has 0 aliphatic heterocycles. The van der Waals surface area contributed by atoms with Crippen molar-refractivity contribution in [3.05, 3.63) is 23.0 Å². The Morgan fingerprint density at radius 1 is 1.58 bits per heavy atom. The number of nitrogens with zero attached hydrogens (tertiary/aromatic N) is 1. The minimum Gasteiger partial charge on any atom is -0.481 e. The monoisotopic (exact) mass is 284 g/mol. The molecule has 104 valence electrons. The lowest BCUT2D eigenvalue weighted by molar-refractivity contribution is -0.137. The van der Waals surface area contributed by atoms with E-state index < -0.39 is 5.97 Å². The van der Waals surface area contributed by atoms with Crippen LogP contribution in [0, 0.1) is 0 Å². The highest BCUT2D eigenvalue weighted by atomic mass is 35.5. The third kappa shape index (κ3) is 3.73. The molecule has 1 aromatic heterocycles. The second-order valence-corrected chi connectivity index (χ2v) is 5.43. The molecule has 5 nitrogen and oxygen atoms in total. The van der Waals surface area contributed by atoms with Crippen molar-refractivity contribution in [3.63, 3.8) is 0 Å². The van der Waals surface area contributed by atoms with Crippen molar-refractivity contribution in [2.75, 3.05) is 0 Å². The molecule has 1 amide bonds. The first-order valence-electron chi connectivity index (χ1n) is 6.37. The molecular formula is C13H17ClN2O3. The maximum absolute atomic E-state index is 12.1. The highest BCUT2D eigenvalue weighted by Gasteiger charge is 2.28. The fraction of sp³-hybridized carbons (Fsp3) is 0.538. The highest BCUT2D eigenvalue weighted by molar-refractivity contribution is 6.31. The summed E-state index contributed by atoms with van der Waals surface area (Å²) >= 11 is 5.94. The van der Waals surface area contributed by atoms with Gasteiger partial charge in [-0.3, -0.25) is 9.59 Å². The van der Waals surface area contributed by atoms with Gasteiger partial charge in [-0.05, 0) is 32.3 Å². The summed E-state index contributed by atoms with van der Waals surface area (Å²) < 4.78 is 1.90. The third-order valence-electron chi connectivity index (χ3n) is 3.16. The van der Waals surface area contributed by atoms with Gasteiger partial charge in [0.25, 0.3) is 5.91 Å². The van der Waals surface area contributed by atoms with Crippen LogP contribution in [0.5, 0.6) is 0 Å². The van der Waals surface area contributed by atoms with Gasteiger partial charge in [-0.25, -0.2) is 0 Å². The Morgan fingerprint density at radius 3 is 2.84 bits per heavy atom. The van der Waals surface area contributed by atoms with Gasteiger partial charge in [-0.1, -0.05) is 11.6 Å². The average molecular weight is 285 g/mol. The minimum atomic E-state index is -0.856. The van der Waals surface area contributed by atoms with E-state index in [-0.39, 0.29) is 18.4 Å². The van der Waals surface area contributed by atoms with Crippen LogP contribution < -0.4 is 5.32 Å². The maximum Gasteiger partial charge on any atom is 0.303 e. The summed E-state index contributed by atoms with van der Waals surface area (Å²) in [5.41, 5.74) is 0.551.